The molecule has 6 nitrogen and oxygen atoms in total. The number of rotatable bonds is 8. The molecular formula is C12H22N2O4. The van der Waals surface area contributed by atoms with Crippen LogP contribution in [0.2, 0.25) is 0 Å². The molecule has 0 spiro atoms. The zero-order chi connectivity index (χ0) is 13.6. The van der Waals surface area contributed by atoms with Crippen LogP contribution >= 0.6 is 0 Å². The summed E-state index contributed by atoms with van der Waals surface area (Å²) in [5.41, 5.74) is -1.18. The van der Waals surface area contributed by atoms with Crippen LogP contribution in [-0.4, -0.2) is 62.3 Å². The molecule has 0 atom stereocenters. The van der Waals surface area contributed by atoms with Crippen molar-refractivity contribution in [1.82, 2.24) is 10.2 Å². The Balaban J connectivity index is 2.15. The molecule has 0 radical (unpaired) electrons. The number of amides is 1. The largest absolute Gasteiger partial charge is 0.480 e. The highest BCUT2D eigenvalue weighted by atomic mass is 16.5. The first-order valence-corrected chi connectivity index (χ1v) is 6.23. The smallest absolute Gasteiger partial charge is 0.319 e. The van der Waals surface area contributed by atoms with Gasteiger partial charge in [-0.1, -0.05) is 6.42 Å². The van der Waals surface area contributed by atoms with Crippen LogP contribution in [0.5, 0.6) is 0 Å². The fourth-order valence-corrected chi connectivity index (χ4v) is 1.82. The number of carbonyl (C=O) groups excluding carboxylic acids is 1. The molecule has 1 fully saturated rings. The summed E-state index contributed by atoms with van der Waals surface area (Å²) >= 11 is 0. The molecule has 0 aromatic carbocycles. The number of carboxylic acids is 1. The van der Waals surface area contributed by atoms with E-state index in [-0.39, 0.29) is 5.91 Å². The van der Waals surface area contributed by atoms with Gasteiger partial charge in [-0.3, -0.25) is 9.59 Å². The van der Waals surface area contributed by atoms with Crippen molar-refractivity contribution in [2.75, 3.05) is 40.4 Å². The van der Waals surface area contributed by atoms with E-state index >= 15 is 0 Å². The maximum Gasteiger partial charge on any atom is 0.319 e. The third kappa shape index (κ3) is 3.68. The van der Waals surface area contributed by atoms with Gasteiger partial charge in [0.25, 0.3) is 0 Å². The number of carbonyl (C=O) groups is 2. The van der Waals surface area contributed by atoms with Gasteiger partial charge in [-0.05, 0) is 26.9 Å². The molecule has 0 aromatic heterocycles. The van der Waals surface area contributed by atoms with Crippen LogP contribution < -0.4 is 5.32 Å². The van der Waals surface area contributed by atoms with E-state index in [1.807, 2.05) is 19.0 Å². The molecule has 0 unspecified atom stereocenters. The summed E-state index contributed by atoms with van der Waals surface area (Å²) in [7, 11) is 3.91. The average molecular weight is 258 g/mol. The lowest BCUT2D eigenvalue weighted by atomic mass is 9.68. The van der Waals surface area contributed by atoms with Gasteiger partial charge in [-0.2, -0.15) is 0 Å². The lowest BCUT2D eigenvalue weighted by Crippen LogP contribution is -2.51. The van der Waals surface area contributed by atoms with Crippen molar-refractivity contribution in [1.29, 1.82) is 0 Å². The van der Waals surface area contributed by atoms with Crippen molar-refractivity contribution >= 4 is 11.9 Å². The summed E-state index contributed by atoms with van der Waals surface area (Å²) in [4.78, 5) is 24.8. The van der Waals surface area contributed by atoms with Gasteiger partial charge >= 0.3 is 5.97 Å². The number of ether oxygens (including phenoxy) is 1. The van der Waals surface area contributed by atoms with Gasteiger partial charge in [0.1, 0.15) is 5.41 Å². The first-order valence-electron chi connectivity index (χ1n) is 6.23. The molecular weight excluding hydrogens is 236 g/mol. The maximum atomic E-state index is 11.8. The van der Waals surface area contributed by atoms with E-state index < -0.39 is 11.4 Å². The second-order valence-electron chi connectivity index (χ2n) is 4.91. The van der Waals surface area contributed by atoms with Crippen molar-refractivity contribution in [3.8, 4) is 0 Å². The Labute approximate surface area is 107 Å². The highest BCUT2D eigenvalue weighted by molar-refractivity contribution is 6.02. The Morgan fingerprint density at radius 2 is 2.00 bits per heavy atom. The van der Waals surface area contributed by atoms with E-state index in [0.29, 0.717) is 32.6 Å². The van der Waals surface area contributed by atoms with Gasteiger partial charge < -0.3 is 20.1 Å². The van der Waals surface area contributed by atoms with E-state index in [9.17, 15) is 9.59 Å². The molecule has 1 amide bonds. The minimum Gasteiger partial charge on any atom is -0.480 e. The summed E-state index contributed by atoms with van der Waals surface area (Å²) in [6.07, 6.45) is 1.68. The van der Waals surface area contributed by atoms with Crippen LogP contribution in [0.1, 0.15) is 19.3 Å². The predicted octanol–water partition coefficient (Wildman–Crippen LogP) is -0.0643. The standard InChI is InChI=1S/C12H22N2O4/c1-14(2)7-9-18-8-6-13-10(15)12(11(16)17)4-3-5-12/h3-9H2,1-2H3,(H,13,15)(H,16,17). The average Bonchev–Trinajstić information content (AvgIpc) is 2.20. The predicted molar refractivity (Wildman–Crippen MR) is 66.3 cm³/mol. The Morgan fingerprint density at radius 1 is 1.33 bits per heavy atom. The molecule has 1 aliphatic carbocycles. The monoisotopic (exact) mass is 258 g/mol. The fraction of sp³-hybridized carbons (Fsp3) is 0.833. The minimum atomic E-state index is -1.18. The normalized spacial score (nSPS) is 17.3. The second kappa shape index (κ2) is 6.70. The highest BCUT2D eigenvalue weighted by Gasteiger charge is 2.50. The minimum absolute atomic E-state index is 0.362. The van der Waals surface area contributed by atoms with Crippen LogP contribution in [0.25, 0.3) is 0 Å². The summed E-state index contributed by atoms with van der Waals surface area (Å²) in [6.45, 7) is 2.20. The van der Waals surface area contributed by atoms with Gasteiger partial charge in [0.2, 0.25) is 5.91 Å². The van der Waals surface area contributed by atoms with Crippen molar-refractivity contribution in [2.45, 2.75) is 19.3 Å². The molecule has 0 bridgehead atoms. The van der Waals surface area contributed by atoms with Crippen molar-refractivity contribution in [3.63, 3.8) is 0 Å². The van der Waals surface area contributed by atoms with Gasteiger partial charge in [0, 0.05) is 13.1 Å². The third-order valence-electron chi connectivity index (χ3n) is 3.27. The van der Waals surface area contributed by atoms with E-state index in [4.69, 9.17) is 9.84 Å². The molecule has 0 aliphatic heterocycles. The molecule has 0 saturated heterocycles. The van der Waals surface area contributed by atoms with Gasteiger partial charge in [0.05, 0.1) is 13.2 Å². The van der Waals surface area contributed by atoms with E-state index in [1.165, 1.54) is 0 Å². The van der Waals surface area contributed by atoms with Crippen LogP contribution in [-0.2, 0) is 14.3 Å². The Hall–Kier alpha value is -1.14. The number of aliphatic carboxylic acids is 1. The molecule has 6 heteroatoms. The van der Waals surface area contributed by atoms with Gasteiger partial charge in [0.15, 0.2) is 0 Å². The number of nitrogens with one attached hydrogen (secondary N) is 1. The van der Waals surface area contributed by atoms with Crippen molar-refractivity contribution in [2.24, 2.45) is 5.41 Å². The molecule has 0 heterocycles. The summed E-state index contributed by atoms with van der Waals surface area (Å²) in [5.74, 6) is -1.39. The molecule has 1 saturated carbocycles. The van der Waals surface area contributed by atoms with E-state index in [0.717, 1.165) is 13.0 Å². The van der Waals surface area contributed by atoms with E-state index in [1.54, 1.807) is 0 Å². The van der Waals surface area contributed by atoms with Crippen molar-refractivity contribution in [3.05, 3.63) is 0 Å². The van der Waals surface area contributed by atoms with Gasteiger partial charge in [-0.25, -0.2) is 0 Å². The quantitative estimate of drug-likeness (QED) is 0.471. The summed E-state index contributed by atoms with van der Waals surface area (Å²) < 4.78 is 5.32. The molecule has 1 aliphatic rings. The topological polar surface area (TPSA) is 78.9 Å². The first kappa shape index (κ1) is 14.9. The fourth-order valence-electron chi connectivity index (χ4n) is 1.82. The molecule has 0 aromatic rings. The second-order valence-corrected chi connectivity index (χ2v) is 4.91. The lowest BCUT2D eigenvalue weighted by molar-refractivity contribution is -0.162. The van der Waals surface area contributed by atoms with Gasteiger partial charge in [-0.15, -0.1) is 0 Å². The first-order chi connectivity index (χ1) is 8.49. The Bertz CT molecular complexity index is 300. The summed E-state index contributed by atoms with van der Waals surface area (Å²) in [5, 5.41) is 11.7. The maximum absolute atomic E-state index is 11.8. The molecule has 1 rings (SSSR count). The van der Waals surface area contributed by atoms with Crippen LogP contribution in [0.15, 0.2) is 0 Å². The Kier molecular flexibility index (Phi) is 5.55. The van der Waals surface area contributed by atoms with E-state index in [2.05, 4.69) is 5.32 Å². The number of likely N-dealkylation sites (N-methyl/N-ethyl adjacent to an activating group) is 1. The number of carboxylic acid groups (broad SMARTS) is 1. The highest BCUT2D eigenvalue weighted by Crippen LogP contribution is 2.41. The van der Waals surface area contributed by atoms with Crippen molar-refractivity contribution < 1.29 is 19.4 Å². The van der Waals surface area contributed by atoms with Crippen LogP contribution in [0.4, 0.5) is 0 Å². The SMILES string of the molecule is CN(C)CCOCCNC(=O)C1(C(=O)O)CCC1. The van der Waals surface area contributed by atoms with Crippen LogP contribution in [0, 0.1) is 5.41 Å². The van der Waals surface area contributed by atoms with Crippen LogP contribution in [0.3, 0.4) is 0 Å². The molecule has 2 N–H and O–H groups in total. The third-order valence-corrected chi connectivity index (χ3v) is 3.27. The zero-order valence-electron chi connectivity index (χ0n) is 11.1. The number of hydrogen-bond acceptors (Lipinski definition) is 4. The summed E-state index contributed by atoms with van der Waals surface area (Å²) in [6, 6.07) is 0. The number of hydrogen-bond donors (Lipinski definition) is 2. The number of nitrogens with zero attached hydrogens (tertiary/aromatic N) is 1. The molecule has 18 heavy (non-hydrogen) atoms. The molecule has 104 valence electrons. The Morgan fingerprint density at radius 3 is 2.44 bits per heavy atom. The lowest BCUT2D eigenvalue weighted by Gasteiger charge is -2.35. The zero-order valence-corrected chi connectivity index (χ0v) is 11.1.